The third-order valence-corrected chi connectivity index (χ3v) is 5.07. The van der Waals surface area contributed by atoms with E-state index in [0.29, 0.717) is 11.2 Å². The molecular formula is C21H14ClFN6O2. The molecule has 0 aliphatic heterocycles. The van der Waals surface area contributed by atoms with Gasteiger partial charge in [-0.3, -0.25) is 4.79 Å². The van der Waals surface area contributed by atoms with Crippen molar-refractivity contribution in [1.29, 1.82) is 0 Å². The van der Waals surface area contributed by atoms with E-state index in [-0.39, 0.29) is 17.3 Å². The van der Waals surface area contributed by atoms with E-state index in [2.05, 4.69) is 15.5 Å². The lowest BCUT2D eigenvalue weighted by atomic mass is 10.1. The lowest BCUT2D eigenvalue weighted by Crippen LogP contribution is -2.28. The molecule has 1 N–H and O–H groups in total. The Kier molecular flexibility index (Phi) is 4.52. The first-order chi connectivity index (χ1) is 15.0. The number of hydrogen-bond donors (Lipinski definition) is 1. The number of rotatable bonds is 4. The number of amides is 1. The number of halogens is 2. The molecule has 3 aromatic heterocycles. The number of hydrogen-bond acceptors (Lipinski definition) is 4. The second-order valence-electron chi connectivity index (χ2n) is 6.83. The first kappa shape index (κ1) is 19.0. The molecule has 5 rings (SSSR count). The fraction of sp³-hybridized carbons (Fsp3) is 0.0476. The molecule has 0 saturated carbocycles. The Hall–Kier alpha value is -3.98. The topological polar surface area (TPSA) is 85.7 Å². The third kappa shape index (κ3) is 3.44. The Morgan fingerprint density at radius 2 is 1.87 bits per heavy atom. The molecule has 0 atom stereocenters. The number of carbonyl (C=O) groups is 1. The molecule has 2 aromatic carbocycles. The second kappa shape index (κ2) is 7.37. The minimum atomic E-state index is -0.520. The van der Waals surface area contributed by atoms with E-state index in [9.17, 15) is 14.0 Å². The van der Waals surface area contributed by atoms with Crippen molar-refractivity contribution in [3.63, 3.8) is 0 Å². The Morgan fingerprint density at radius 3 is 2.65 bits per heavy atom. The van der Waals surface area contributed by atoms with E-state index in [0.717, 1.165) is 22.0 Å². The second-order valence-corrected chi connectivity index (χ2v) is 7.24. The Bertz CT molecular complexity index is 1510. The van der Waals surface area contributed by atoms with E-state index >= 15 is 0 Å². The number of benzene rings is 2. The van der Waals surface area contributed by atoms with E-state index in [1.165, 1.54) is 16.5 Å². The zero-order chi connectivity index (χ0) is 21.5. The standard InChI is InChI=1S/C21H14ClFN6O2/c22-15-10-14(23)6-7-16(15)24-19(30)12-29-21(31)27-8-9-28-18(20(27)26-29)11-17(25-28)13-4-2-1-3-5-13/h1-11H,12H2,(H,24,30). The fourth-order valence-corrected chi connectivity index (χ4v) is 3.52. The maximum Gasteiger partial charge on any atom is 0.350 e. The van der Waals surface area contributed by atoms with Gasteiger partial charge >= 0.3 is 5.69 Å². The highest BCUT2D eigenvalue weighted by atomic mass is 35.5. The van der Waals surface area contributed by atoms with Gasteiger partial charge in [0.1, 0.15) is 17.9 Å². The van der Waals surface area contributed by atoms with Gasteiger partial charge in [0.15, 0.2) is 5.65 Å². The molecule has 5 aromatic rings. The number of aromatic nitrogens is 5. The molecular weight excluding hydrogens is 423 g/mol. The number of nitrogens with zero attached hydrogens (tertiary/aromatic N) is 5. The number of nitrogens with one attached hydrogen (secondary N) is 1. The zero-order valence-electron chi connectivity index (χ0n) is 15.9. The van der Waals surface area contributed by atoms with Crippen molar-refractivity contribution >= 4 is 34.4 Å². The van der Waals surface area contributed by atoms with Gasteiger partial charge in [-0.25, -0.2) is 22.8 Å². The van der Waals surface area contributed by atoms with Crippen molar-refractivity contribution in [2.75, 3.05) is 5.32 Å². The van der Waals surface area contributed by atoms with Crippen molar-refractivity contribution < 1.29 is 9.18 Å². The summed E-state index contributed by atoms with van der Waals surface area (Å²) < 4.78 is 17.2. The molecule has 0 unspecified atom stereocenters. The minimum absolute atomic E-state index is 0.0603. The largest absolute Gasteiger partial charge is 0.350 e. The van der Waals surface area contributed by atoms with E-state index in [1.54, 1.807) is 16.9 Å². The van der Waals surface area contributed by atoms with Crippen LogP contribution in [-0.2, 0) is 11.3 Å². The van der Waals surface area contributed by atoms with Crippen LogP contribution in [0.15, 0.2) is 71.8 Å². The quantitative estimate of drug-likeness (QED) is 0.468. The predicted octanol–water partition coefficient (Wildman–Crippen LogP) is 3.24. The summed E-state index contributed by atoms with van der Waals surface area (Å²) in [5, 5.41) is 11.5. The van der Waals surface area contributed by atoms with Gasteiger partial charge in [0.25, 0.3) is 0 Å². The number of fused-ring (bicyclic) bond motifs is 3. The molecule has 31 heavy (non-hydrogen) atoms. The molecule has 1 amide bonds. The van der Waals surface area contributed by atoms with Gasteiger partial charge in [-0.05, 0) is 24.3 Å². The van der Waals surface area contributed by atoms with Gasteiger partial charge < -0.3 is 5.32 Å². The van der Waals surface area contributed by atoms with Gasteiger partial charge in [-0.2, -0.15) is 5.10 Å². The summed E-state index contributed by atoms with van der Waals surface area (Å²) in [7, 11) is 0. The Labute approximate surface area is 179 Å². The summed E-state index contributed by atoms with van der Waals surface area (Å²) in [5.41, 5.74) is 2.44. The summed E-state index contributed by atoms with van der Waals surface area (Å²) in [6, 6.07) is 15.1. The minimum Gasteiger partial charge on any atom is -0.323 e. The lowest BCUT2D eigenvalue weighted by Gasteiger charge is -2.06. The average Bonchev–Trinajstić information content (AvgIpc) is 3.33. The Morgan fingerprint density at radius 1 is 1.06 bits per heavy atom. The summed E-state index contributed by atoms with van der Waals surface area (Å²) in [4.78, 5) is 25.1. The van der Waals surface area contributed by atoms with E-state index < -0.39 is 17.4 Å². The molecule has 0 fully saturated rings. The molecule has 0 bridgehead atoms. The van der Waals surface area contributed by atoms with Crippen molar-refractivity contribution in [2.24, 2.45) is 0 Å². The zero-order valence-corrected chi connectivity index (χ0v) is 16.6. The first-order valence-corrected chi connectivity index (χ1v) is 9.65. The van der Waals surface area contributed by atoms with Crippen LogP contribution in [0.5, 0.6) is 0 Å². The predicted molar refractivity (Wildman–Crippen MR) is 114 cm³/mol. The van der Waals surface area contributed by atoms with Gasteiger partial charge in [-0.1, -0.05) is 41.9 Å². The first-order valence-electron chi connectivity index (χ1n) is 9.27. The molecule has 8 nitrogen and oxygen atoms in total. The van der Waals surface area contributed by atoms with Crippen molar-refractivity contribution in [3.8, 4) is 11.3 Å². The highest BCUT2D eigenvalue weighted by Gasteiger charge is 2.16. The van der Waals surface area contributed by atoms with E-state index in [1.807, 2.05) is 36.4 Å². The van der Waals surface area contributed by atoms with Crippen LogP contribution in [0.1, 0.15) is 0 Å². The van der Waals surface area contributed by atoms with E-state index in [4.69, 9.17) is 11.6 Å². The van der Waals surface area contributed by atoms with Crippen LogP contribution in [0.2, 0.25) is 5.02 Å². The van der Waals surface area contributed by atoms with Gasteiger partial charge in [0, 0.05) is 18.0 Å². The monoisotopic (exact) mass is 436 g/mol. The number of anilines is 1. The van der Waals surface area contributed by atoms with Gasteiger partial charge in [-0.15, -0.1) is 5.10 Å². The summed E-state index contributed by atoms with van der Waals surface area (Å²) in [6.45, 7) is -0.333. The fourth-order valence-electron chi connectivity index (χ4n) is 3.30. The summed E-state index contributed by atoms with van der Waals surface area (Å²) in [6.07, 6.45) is 3.20. The molecule has 154 valence electrons. The van der Waals surface area contributed by atoms with Crippen LogP contribution in [0.4, 0.5) is 10.1 Å². The number of carbonyl (C=O) groups excluding carboxylic acids is 1. The molecule has 3 heterocycles. The van der Waals surface area contributed by atoms with Crippen molar-refractivity contribution in [2.45, 2.75) is 6.54 Å². The van der Waals surface area contributed by atoms with Crippen LogP contribution < -0.4 is 11.0 Å². The molecule has 0 radical (unpaired) electrons. The van der Waals surface area contributed by atoms with Crippen LogP contribution >= 0.6 is 11.6 Å². The van der Waals surface area contributed by atoms with Crippen molar-refractivity contribution in [1.82, 2.24) is 23.8 Å². The molecule has 0 aliphatic carbocycles. The van der Waals surface area contributed by atoms with Gasteiger partial charge in [0.05, 0.1) is 16.4 Å². The van der Waals surface area contributed by atoms with Crippen LogP contribution in [0, 0.1) is 5.82 Å². The lowest BCUT2D eigenvalue weighted by molar-refractivity contribution is -0.117. The summed E-state index contributed by atoms with van der Waals surface area (Å²) in [5.74, 6) is -1.03. The highest BCUT2D eigenvalue weighted by molar-refractivity contribution is 6.33. The van der Waals surface area contributed by atoms with Crippen molar-refractivity contribution in [3.05, 3.63) is 88.3 Å². The maximum absolute atomic E-state index is 13.2. The molecule has 10 heteroatoms. The normalized spacial score (nSPS) is 11.3. The highest BCUT2D eigenvalue weighted by Crippen LogP contribution is 2.23. The maximum atomic E-state index is 13.2. The average molecular weight is 437 g/mol. The van der Waals surface area contributed by atoms with Gasteiger partial charge in [0.2, 0.25) is 5.91 Å². The molecule has 0 saturated heterocycles. The molecule has 0 aliphatic rings. The van der Waals surface area contributed by atoms with Crippen LogP contribution in [-0.4, -0.2) is 29.7 Å². The van der Waals surface area contributed by atoms with Crippen LogP contribution in [0.25, 0.3) is 22.4 Å². The molecule has 0 spiro atoms. The third-order valence-electron chi connectivity index (χ3n) is 4.76. The summed E-state index contributed by atoms with van der Waals surface area (Å²) >= 11 is 5.94. The SMILES string of the molecule is O=C(Cn1nc2c3cc(-c4ccccc4)nn3ccn2c1=O)Nc1ccc(F)cc1Cl. The smallest absolute Gasteiger partial charge is 0.323 e. The van der Waals surface area contributed by atoms with Crippen LogP contribution in [0.3, 0.4) is 0 Å². The Balaban J connectivity index is 1.49.